The molecule has 4 rings (SSSR count). The van der Waals surface area contributed by atoms with Crippen LogP contribution in [0, 0.1) is 5.82 Å². The smallest absolute Gasteiger partial charge is 0.270 e. The van der Waals surface area contributed by atoms with Crippen molar-refractivity contribution in [3.63, 3.8) is 0 Å². The Morgan fingerprint density at radius 2 is 1.71 bits per heavy atom. The maximum absolute atomic E-state index is 15.2. The lowest BCUT2D eigenvalue weighted by Crippen LogP contribution is -2.38. The predicted octanol–water partition coefficient (Wildman–Crippen LogP) is 6.29. The molecule has 0 bridgehead atoms. The SMILES string of the molecule is C=C=C(c1ccc(-c2ccc(C(C)(F)F)cc2)cc1F)N1CCCC1CN1CCCC1. The normalized spacial score (nSPS) is 19.6. The Balaban J connectivity index is 1.55. The molecule has 2 aromatic carbocycles. The van der Waals surface area contributed by atoms with Crippen LogP contribution in [0.2, 0.25) is 0 Å². The van der Waals surface area contributed by atoms with E-state index in [-0.39, 0.29) is 11.4 Å². The summed E-state index contributed by atoms with van der Waals surface area (Å²) in [7, 11) is 0. The van der Waals surface area contributed by atoms with Crippen LogP contribution in [0.1, 0.15) is 43.7 Å². The number of rotatable bonds is 6. The predicted molar refractivity (Wildman–Crippen MR) is 119 cm³/mol. The van der Waals surface area contributed by atoms with Crippen LogP contribution in [-0.2, 0) is 5.92 Å². The maximum atomic E-state index is 15.2. The highest BCUT2D eigenvalue weighted by Crippen LogP contribution is 2.33. The average molecular weight is 427 g/mol. The van der Waals surface area contributed by atoms with Gasteiger partial charge in [-0.25, -0.2) is 13.2 Å². The molecule has 5 heteroatoms. The monoisotopic (exact) mass is 426 g/mol. The molecule has 0 amide bonds. The summed E-state index contributed by atoms with van der Waals surface area (Å²) in [5.74, 6) is -3.24. The molecule has 2 aromatic rings. The molecule has 0 spiro atoms. The molecule has 0 saturated carbocycles. The van der Waals surface area contributed by atoms with Crippen molar-refractivity contribution in [2.45, 2.75) is 44.6 Å². The highest BCUT2D eigenvalue weighted by Gasteiger charge is 2.30. The average Bonchev–Trinajstić information content (AvgIpc) is 3.42. The molecule has 0 aliphatic carbocycles. The summed E-state index contributed by atoms with van der Waals surface area (Å²) in [5.41, 5.74) is 5.50. The molecule has 2 fully saturated rings. The van der Waals surface area contributed by atoms with Gasteiger partial charge in [0.25, 0.3) is 5.92 Å². The van der Waals surface area contributed by atoms with Crippen molar-refractivity contribution >= 4 is 5.70 Å². The van der Waals surface area contributed by atoms with Crippen LogP contribution in [0.5, 0.6) is 0 Å². The summed E-state index contributed by atoms with van der Waals surface area (Å²) in [6.45, 7) is 8.88. The molecule has 0 radical (unpaired) electrons. The van der Waals surface area contributed by atoms with Crippen molar-refractivity contribution in [2.24, 2.45) is 0 Å². The molecule has 2 heterocycles. The Hall–Kier alpha value is -2.49. The first-order valence-electron chi connectivity index (χ1n) is 11.0. The van der Waals surface area contributed by atoms with Crippen molar-refractivity contribution in [2.75, 3.05) is 26.2 Å². The first kappa shape index (κ1) is 21.7. The lowest BCUT2D eigenvalue weighted by atomic mass is 9.99. The Bertz CT molecular complexity index is 965. The summed E-state index contributed by atoms with van der Waals surface area (Å²) in [6, 6.07) is 11.4. The van der Waals surface area contributed by atoms with Gasteiger partial charge in [0.1, 0.15) is 5.82 Å². The van der Waals surface area contributed by atoms with Crippen molar-refractivity contribution in [3.8, 4) is 11.1 Å². The highest BCUT2D eigenvalue weighted by atomic mass is 19.3. The fourth-order valence-electron chi connectivity index (χ4n) is 4.78. The fourth-order valence-corrected chi connectivity index (χ4v) is 4.78. The molecule has 1 unspecified atom stereocenters. The van der Waals surface area contributed by atoms with Crippen LogP contribution in [0.25, 0.3) is 16.8 Å². The highest BCUT2D eigenvalue weighted by molar-refractivity contribution is 5.70. The summed E-state index contributed by atoms with van der Waals surface area (Å²) in [4.78, 5) is 4.74. The molecule has 2 nitrogen and oxygen atoms in total. The Morgan fingerprint density at radius 1 is 1.03 bits per heavy atom. The van der Waals surface area contributed by atoms with Gasteiger partial charge in [-0.05, 0) is 62.0 Å². The Morgan fingerprint density at radius 3 is 2.32 bits per heavy atom. The van der Waals surface area contributed by atoms with E-state index in [1.54, 1.807) is 18.2 Å². The molecule has 0 aromatic heterocycles. The van der Waals surface area contributed by atoms with Crippen LogP contribution in [0.3, 0.4) is 0 Å². The van der Waals surface area contributed by atoms with Crippen LogP contribution in [0.4, 0.5) is 13.2 Å². The van der Waals surface area contributed by atoms with Crippen LogP contribution in [-0.4, -0.2) is 42.0 Å². The molecule has 2 saturated heterocycles. The van der Waals surface area contributed by atoms with Crippen molar-refractivity contribution in [1.29, 1.82) is 0 Å². The summed E-state index contributed by atoms with van der Waals surface area (Å²) >= 11 is 0. The molecule has 2 aliphatic rings. The minimum absolute atomic E-state index is 0.0525. The van der Waals surface area contributed by atoms with Crippen molar-refractivity contribution < 1.29 is 13.2 Å². The minimum Gasteiger partial charge on any atom is -0.360 e. The number of hydrogen-bond acceptors (Lipinski definition) is 2. The van der Waals surface area contributed by atoms with Gasteiger partial charge < -0.3 is 9.80 Å². The van der Waals surface area contributed by atoms with E-state index in [1.165, 1.54) is 31.0 Å². The number of benzene rings is 2. The van der Waals surface area contributed by atoms with E-state index in [0.29, 0.717) is 28.4 Å². The largest absolute Gasteiger partial charge is 0.360 e. The van der Waals surface area contributed by atoms with E-state index < -0.39 is 5.92 Å². The Labute approximate surface area is 182 Å². The van der Waals surface area contributed by atoms with E-state index in [2.05, 4.69) is 22.1 Å². The number of nitrogens with zero attached hydrogens (tertiary/aromatic N) is 2. The summed E-state index contributed by atoms with van der Waals surface area (Å²) in [5, 5.41) is 0. The second-order valence-corrected chi connectivity index (χ2v) is 8.68. The van der Waals surface area contributed by atoms with Crippen molar-refractivity contribution in [1.82, 2.24) is 9.80 Å². The van der Waals surface area contributed by atoms with E-state index in [4.69, 9.17) is 0 Å². The number of hydrogen-bond donors (Lipinski definition) is 0. The standard InChI is InChI=1S/C26H29F3N2/c1-3-25(31-16-6-7-22(31)18-30-14-4-5-15-30)23-13-10-20(17-24(23)27)19-8-11-21(12-9-19)26(2,28)29/h8-13,17,22H,1,4-7,14-16,18H2,2H3. The van der Waals surface area contributed by atoms with Gasteiger partial charge in [0.2, 0.25) is 0 Å². The zero-order valence-corrected chi connectivity index (χ0v) is 18.0. The van der Waals surface area contributed by atoms with E-state index in [1.807, 2.05) is 6.07 Å². The fraction of sp³-hybridized carbons (Fsp3) is 0.423. The second-order valence-electron chi connectivity index (χ2n) is 8.68. The number of halogens is 3. The molecular formula is C26H29F3N2. The van der Waals surface area contributed by atoms with E-state index in [9.17, 15) is 8.78 Å². The van der Waals surface area contributed by atoms with Gasteiger partial charge >= 0.3 is 0 Å². The topological polar surface area (TPSA) is 6.48 Å². The third-order valence-corrected chi connectivity index (χ3v) is 6.45. The van der Waals surface area contributed by atoms with Gasteiger partial charge in [-0.2, -0.15) is 0 Å². The summed E-state index contributed by atoms with van der Waals surface area (Å²) < 4.78 is 42.1. The van der Waals surface area contributed by atoms with Crippen LogP contribution < -0.4 is 0 Å². The molecule has 1 atom stereocenters. The zero-order valence-electron chi connectivity index (χ0n) is 18.0. The molecule has 2 aliphatic heterocycles. The first-order valence-corrected chi connectivity index (χ1v) is 11.0. The minimum atomic E-state index is -2.89. The van der Waals surface area contributed by atoms with Gasteiger partial charge in [-0.3, -0.25) is 0 Å². The molecule has 164 valence electrons. The lowest BCUT2D eigenvalue weighted by Gasteiger charge is -2.31. The van der Waals surface area contributed by atoms with Crippen molar-refractivity contribution in [3.05, 3.63) is 71.7 Å². The molecule has 31 heavy (non-hydrogen) atoms. The van der Waals surface area contributed by atoms with E-state index in [0.717, 1.165) is 45.9 Å². The zero-order chi connectivity index (χ0) is 22.0. The second kappa shape index (κ2) is 8.94. The van der Waals surface area contributed by atoms with Crippen LogP contribution >= 0.6 is 0 Å². The van der Waals surface area contributed by atoms with Gasteiger partial charge in [0.15, 0.2) is 0 Å². The van der Waals surface area contributed by atoms with E-state index >= 15 is 4.39 Å². The quantitative estimate of drug-likeness (QED) is 0.501. The number of alkyl halides is 2. The van der Waals surface area contributed by atoms with Gasteiger partial charge in [0.05, 0.1) is 5.70 Å². The van der Waals surface area contributed by atoms with Gasteiger partial charge in [-0.1, -0.05) is 36.9 Å². The third kappa shape index (κ3) is 4.73. The molecule has 0 N–H and O–H groups in total. The van der Waals surface area contributed by atoms with Gasteiger partial charge in [0, 0.05) is 37.2 Å². The third-order valence-electron chi connectivity index (χ3n) is 6.45. The maximum Gasteiger partial charge on any atom is 0.270 e. The summed E-state index contributed by atoms with van der Waals surface area (Å²) in [6.07, 6.45) is 4.68. The van der Waals surface area contributed by atoms with Gasteiger partial charge in [-0.15, -0.1) is 5.73 Å². The number of likely N-dealkylation sites (tertiary alicyclic amines) is 2. The van der Waals surface area contributed by atoms with Crippen LogP contribution in [0.15, 0.2) is 54.8 Å². The molecular weight excluding hydrogens is 397 g/mol. The first-order chi connectivity index (χ1) is 14.9. The lowest BCUT2D eigenvalue weighted by molar-refractivity contribution is 0.0175. The Kier molecular flexibility index (Phi) is 6.27.